The van der Waals surface area contributed by atoms with Gasteiger partial charge >= 0.3 is 0 Å². The van der Waals surface area contributed by atoms with Gasteiger partial charge in [0.05, 0.1) is 11.0 Å². The number of aliphatic hydroxyl groups excluding tert-OH is 1. The second kappa shape index (κ2) is 4.70. The third-order valence-corrected chi connectivity index (χ3v) is 2.00. The Kier molecular flexibility index (Phi) is 3.57. The molecule has 1 rings (SSSR count). The first-order chi connectivity index (χ1) is 7.00. The predicted molar refractivity (Wildman–Crippen MR) is 58.5 cm³/mol. The molecule has 15 heavy (non-hydrogen) atoms. The molecule has 0 spiro atoms. The van der Waals surface area contributed by atoms with E-state index in [2.05, 4.69) is 0 Å². The van der Waals surface area contributed by atoms with Crippen LogP contribution in [0.2, 0.25) is 0 Å². The van der Waals surface area contributed by atoms with E-state index < -0.39 is 11.0 Å². The van der Waals surface area contributed by atoms with Crippen molar-refractivity contribution in [2.45, 2.75) is 20.0 Å². The molecule has 0 unspecified atom stereocenters. The van der Waals surface area contributed by atoms with Crippen molar-refractivity contribution in [2.24, 2.45) is 0 Å². The van der Waals surface area contributed by atoms with Crippen molar-refractivity contribution in [3.63, 3.8) is 0 Å². The Morgan fingerprint density at radius 3 is 2.73 bits per heavy atom. The second-order valence-electron chi connectivity index (χ2n) is 3.40. The summed E-state index contributed by atoms with van der Waals surface area (Å²) in [6, 6.07) is 4.97. The molecule has 1 aromatic carbocycles. The zero-order valence-electron chi connectivity index (χ0n) is 8.68. The minimum absolute atomic E-state index is 0.0998. The maximum Gasteiger partial charge on any atom is 0.272 e. The molecule has 4 nitrogen and oxygen atoms in total. The van der Waals surface area contributed by atoms with Gasteiger partial charge in [-0.3, -0.25) is 10.1 Å². The third kappa shape index (κ3) is 3.18. The number of aryl methyl sites for hydroxylation is 1. The normalized spacial score (nSPS) is 13.0. The lowest BCUT2D eigenvalue weighted by Gasteiger charge is -1.99. The highest BCUT2D eigenvalue weighted by Crippen LogP contribution is 2.19. The van der Waals surface area contributed by atoms with Crippen LogP contribution in [-0.2, 0) is 0 Å². The summed E-state index contributed by atoms with van der Waals surface area (Å²) < 4.78 is 0. The summed E-state index contributed by atoms with van der Waals surface area (Å²) in [5.41, 5.74) is 1.45. The number of benzene rings is 1. The lowest BCUT2D eigenvalue weighted by Crippen LogP contribution is -1.93. The van der Waals surface area contributed by atoms with Gasteiger partial charge in [0, 0.05) is 11.6 Å². The van der Waals surface area contributed by atoms with Crippen molar-refractivity contribution in [1.82, 2.24) is 0 Å². The summed E-state index contributed by atoms with van der Waals surface area (Å²) in [6.45, 7) is 3.32. The molecule has 0 bridgehead atoms. The van der Waals surface area contributed by atoms with Crippen molar-refractivity contribution >= 4 is 11.8 Å². The Balaban J connectivity index is 3.03. The van der Waals surface area contributed by atoms with E-state index in [4.69, 9.17) is 5.11 Å². The van der Waals surface area contributed by atoms with Crippen LogP contribution in [0.15, 0.2) is 24.3 Å². The van der Waals surface area contributed by atoms with Crippen molar-refractivity contribution < 1.29 is 10.0 Å². The number of rotatable bonds is 3. The summed E-state index contributed by atoms with van der Waals surface area (Å²) in [5, 5.41) is 19.7. The summed E-state index contributed by atoms with van der Waals surface area (Å²) in [6.07, 6.45) is 2.69. The molecule has 0 aliphatic heterocycles. The van der Waals surface area contributed by atoms with Gasteiger partial charge in [0.2, 0.25) is 0 Å². The topological polar surface area (TPSA) is 63.4 Å². The van der Waals surface area contributed by atoms with E-state index in [1.165, 1.54) is 6.07 Å². The number of hydrogen-bond donors (Lipinski definition) is 1. The van der Waals surface area contributed by atoms with Crippen LogP contribution in [0.25, 0.3) is 6.08 Å². The minimum atomic E-state index is -0.551. The van der Waals surface area contributed by atoms with Crippen LogP contribution in [-0.4, -0.2) is 16.1 Å². The molecule has 0 saturated heterocycles. The van der Waals surface area contributed by atoms with E-state index in [1.54, 1.807) is 38.1 Å². The Morgan fingerprint density at radius 1 is 1.53 bits per heavy atom. The number of nitro benzene ring substituents is 1. The summed E-state index contributed by atoms with van der Waals surface area (Å²) in [4.78, 5) is 10.2. The molecule has 4 heteroatoms. The van der Waals surface area contributed by atoms with E-state index in [9.17, 15) is 10.1 Å². The monoisotopic (exact) mass is 207 g/mol. The fraction of sp³-hybridized carbons (Fsp3) is 0.273. The van der Waals surface area contributed by atoms with Crippen molar-refractivity contribution in [2.75, 3.05) is 0 Å². The fourth-order valence-electron chi connectivity index (χ4n) is 1.18. The van der Waals surface area contributed by atoms with E-state index in [1.807, 2.05) is 0 Å². The zero-order chi connectivity index (χ0) is 11.4. The molecule has 0 aromatic heterocycles. The summed E-state index contributed by atoms with van der Waals surface area (Å²) >= 11 is 0. The molecule has 1 N–H and O–H groups in total. The lowest BCUT2D eigenvalue weighted by molar-refractivity contribution is -0.385. The largest absolute Gasteiger partial charge is 0.389 e. The molecular weight excluding hydrogens is 194 g/mol. The average Bonchev–Trinajstić information content (AvgIpc) is 2.16. The van der Waals surface area contributed by atoms with Crippen LogP contribution in [0.3, 0.4) is 0 Å². The van der Waals surface area contributed by atoms with Crippen molar-refractivity contribution in [1.29, 1.82) is 0 Å². The van der Waals surface area contributed by atoms with Crippen molar-refractivity contribution in [3.8, 4) is 0 Å². The van der Waals surface area contributed by atoms with Gasteiger partial charge in [-0.15, -0.1) is 0 Å². The van der Waals surface area contributed by atoms with E-state index in [-0.39, 0.29) is 5.69 Å². The molecular formula is C11H13NO3. The predicted octanol–water partition coefficient (Wildman–Crippen LogP) is 2.30. The average molecular weight is 207 g/mol. The fourth-order valence-corrected chi connectivity index (χ4v) is 1.18. The van der Waals surface area contributed by atoms with Gasteiger partial charge < -0.3 is 5.11 Å². The van der Waals surface area contributed by atoms with Gasteiger partial charge in [-0.25, -0.2) is 0 Å². The van der Waals surface area contributed by atoms with Gasteiger partial charge in [0.1, 0.15) is 0 Å². The highest BCUT2D eigenvalue weighted by molar-refractivity contribution is 5.56. The molecule has 0 amide bonds. The van der Waals surface area contributed by atoms with Crippen LogP contribution in [0.4, 0.5) is 5.69 Å². The number of nitrogens with zero attached hydrogens (tertiary/aromatic N) is 1. The highest BCUT2D eigenvalue weighted by atomic mass is 16.6. The number of nitro groups is 1. The van der Waals surface area contributed by atoms with Crippen LogP contribution < -0.4 is 0 Å². The van der Waals surface area contributed by atoms with E-state index in [0.29, 0.717) is 11.1 Å². The Labute approximate surface area is 88.0 Å². The van der Waals surface area contributed by atoms with E-state index in [0.717, 1.165) is 0 Å². The molecule has 1 atom stereocenters. The zero-order valence-corrected chi connectivity index (χ0v) is 8.68. The molecule has 0 aliphatic rings. The summed E-state index contributed by atoms with van der Waals surface area (Å²) in [7, 11) is 0. The molecule has 0 aliphatic carbocycles. The SMILES string of the molecule is Cc1ccc(/C=C/[C@@H](C)O)cc1[N+](=O)[O-]. The van der Waals surface area contributed by atoms with Crippen molar-refractivity contribution in [3.05, 3.63) is 45.5 Å². The van der Waals surface area contributed by atoms with Crippen LogP contribution in [0.1, 0.15) is 18.1 Å². The molecule has 0 fully saturated rings. The van der Waals surface area contributed by atoms with Crippen LogP contribution >= 0.6 is 0 Å². The molecule has 80 valence electrons. The standard InChI is InChI=1S/C11H13NO3/c1-8-3-5-10(6-4-9(2)13)7-11(8)12(14)15/h3-7,9,13H,1-2H3/b6-4+/t9-/m1/s1. The molecule has 0 radical (unpaired) electrons. The van der Waals surface area contributed by atoms with Gasteiger partial charge in [0.15, 0.2) is 0 Å². The van der Waals surface area contributed by atoms with Gasteiger partial charge in [-0.05, 0) is 19.4 Å². The van der Waals surface area contributed by atoms with Gasteiger partial charge in [-0.1, -0.05) is 24.3 Å². The Morgan fingerprint density at radius 2 is 2.20 bits per heavy atom. The van der Waals surface area contributed by atoms with Gasteiger partial charge in [-0.2, -0.15) is 0 Å². The maximum atomic E-state index is 10.6. The first-order valence-electron chi connectivity index (χ1n) is 4.62. The Hall–Kier alpha value is -1.68. The van der Waals surface area contributed by atoms with Gasteiger partial charge in [0.25, 0.3) is 5.69 Å². The summed E-state index contributed by atoms with van der Waals surface area (Å²) in [5.74, 6) is 0. The third-order valence-electron chi connectivity index (χ3n) is 2.00. The second-order valence-corrected chi connectivity index (χ2v) is 3.40. The molecule has 0 saturated carbocycles. The van der Waals surface area contributed by atoms with Crippen LogP contribution in [0, 0.1) is 17.0 Å². The highest BCUT2D eigenvalue weighted by Gasteiger charge is 2.09. The maximum absolute atomic E-state index is 10.6. The number of hydrogen-bond acceptors (Lipinski definition) is 3. The van der Waals surface area contributed by atoms with Crippen LogP contribution in [0.5, 0.6) is 0 Å². The smallest absolute Gasteiger partial charge is 0.272 e. The number of aliphatic hydroxyl groups is 1. The minimum Gasteiger partial charge on any atom is -0.389 e. The lowest BCUT2D eigenvalue weighted by atomic mass is 10.1. The Bertz CT molecular complexity index is 397. The molecule has 1 aromatic rings. The quantitative estimate of drug-likeness (QED) is 0.611. The van der Waals surface area contributed by atoms with E-state index >= 15 is 0 Å². The first kappa shape index (κ1) is 11.4. The molecule has 0 heterocycles. The first-order valence-corrected chi connectivity index (χ1v) is 4.62.